The maximum Gasteiger partial charge on any atom is 0.122 e. The molecule has 0 aliphatic carbocycles. The number of hydrogen-bond acceptors (Lipinski definition) is 2. The van der Waals surface area contributed by atoms with E-state index in [-0.39, 0.29) is 6.04 Å². The molecule has 0 saturated heterocycles. The minimum Gasteiger partial charge on any atom is -0.493 e. The molecule has 2 N–H and O–H groups in total. The molecule has 3 rings (SSSR count). The summed E-state index contributed by atoms with van der Waals surface area (Å²) >= 11 is 0. The van der Waals surface area contributed by atoms with Gasteiger partial charge in [-0.1, -0.05) is 42.5 Å². The molecule has 0 radical (unpaired) electrons. The predicted octanol–water partition coefficient (Wildman–Crippen LogP) is 4.03. The molecule has 0 fully saturated rings. The van der Waals surface area contributed by atoms with Gasteiger partial charge >= 0.3 is 0 Å². The third-order valence-corrected chi connectivity index (χ3v) is 4.18. The third kappa shape index (κ3) is 3.64. The van der Waals surface area contributed by atoms with Crippen LogP contribution >= 0.6 is 0 Å². The Labute approximate surface area is 126 Å². The van der Waals surface area contributed by atoms with Gasteiger partial charge in [0.2, 0.25) is 0 Å². The summed E-state index contributed by atoms with van der Waals surface area (Å²) in [5.74, 6) is 1.04. The second kappa shape index (κ2) is 6.77. The van der Waals surface area contributed by atoms with Gasteiger partial charge in [-0.3, -0.25) is 0 Å². The number of benzene rings is 2. The highest BCUT2D eigenvalue weighted by Gasteiger charge is 2.13. The van der Waals surface area contributed by atoms with Crippen LogP contribution in [-0.4, -0.2) is 6.61 Å². The predicted molar refractivity (Wildman–Crippen MR) is 86.6 cm³/mol. The van der Waals surface area contributed by atoms with E-state index in [1.807, 2.05) is 0 Å². The monoisotopic (exact) mass is 281 g/mol. The Morgan fingerprint density at radius 3 is 2.81 bits per heavy atom. The third-order valence-electron chi connectivity index (χ3n) is 4.18. The van der Waals surface area contributed by atoms with E-state index in [2.05, 4.69) is 48.5 Å². The summed E-state index contributed by atoms with van der Waals surface area (Å²) in [6, 6.07) is 17.2. The van der Waals surface area contributed by atoms with E-state index in [1.54, 1.807) is 0 Å². The van der Waals surface area contributed by atoms with Crippen LogP contribution in [0.5, 0.6) is 5.75 Å². The van der Waals surface area contributed by atoms with Crippen LogP contribution in [0.3, 0.4) is 0 Å². The van der Waals surface area contributed by atoms with Crippen molar-refractivity contribution >= 4 is 0 Å². The molecule has 1 aliphatic rings. The molecule has 1 aliphatic heterocycles. The Morgan fingerprint density at radius 2 is 1.95 bits per heavy atom. The van der Waals surface area contributed by atoms with E-state index in [1.165, 1.54) is 16.7 Å². The van der Waals surface area contributed by atoms with E-state index in [0.29, 0.717) is 0 Å². The Hall–Kier alpha value is -1.80. The lowest BCUT2D eigenvalue weighted by molar-refractivity contribution is 0.288. The summed E-state index contributed by atoms with van der Waals surface area (Å²) in [5.41, 5.74) is 10.3. The maximum atomic E-state index is 6.35. The highest BCUT2D eigenvalue weighted by Crippen LogP contribution is 2.28. The van der Waals surface area contributed by atoms with Gasteiger partial charge in [0.15, 0.2) is 0 Å². The number of hydrogen-bond donors (Lipinski definition) is 1. The van der Waals surface area contributed by atoms with Crippen molar-refractivity contribution < 1.29 is 4.74 Å². The van der Waals surface area contributed by atoms with E-state index in [9.17, 15) is 0 Å². The van der Waals surface area contributed by atoms with Gasteiger partial charge in [-0.15, -0.1) is 0 Å². The standard InChI is InChI=1S/C19H23NO/c20-18(10-4-8-15-6-2-1-3-7-15)16-11-12-19-17(14-16)9-5-13-21-19/h1-3,6-7,11-12,14,18H,4-5,8-10,13,20H2/t18-/m1/s1. The van der Waals surface area contributed by atoms with Gasteiger partial charge in [0.25, 0.3) is 0 Å². The molecule has 0 saturated carbocycles. The minimum absolute atomic E-state index is 0.126. The Kier molecular flexibility index (Phi) is 4.56. The first-order valence-electron chi connectivity index (χ1n) is 7.88. The van der Waals surface area contributed by atoms with Crippen molar-refractivity contribution in [3.8, 4) is 5.75 Å². The van der Waals surface area contributed by atoms with E-state index in [4.69, 9.17) is 10.5 Å². The molecule has 0 amide bonds. The lowest BCUT2D eigenvalue weighted by Crippen LogP contribution is -2.13. The lowest BCUT2D eigenvalue weighted by Gasteiger charge is -2.20. The van der Waals surface area contributed by atoms with E-state index < -0.39 is 0 Å². The fourth-order valence-electron chi connectivity index (χ4n) is 2.95. The first-order valence-corrected chi connectivity index (χ1v) is 7.88. The molecule has 2 aromatic carbocycles. The zero-order valence-electron chi connectivity index (χ0n) is 12.4. The highest BCUT2D eigenvalue weighted by molar-refractivity contribution is 5.39. The van der Waals surface area contributed by atoms with Gasteiger partial charge in [0.05, 0.1) is 6.61 Å². The van der Waals surface area contributed by atoms with E-state index >= 15 is 0 Å². The van der Waals surface area contributed by atoms with Gasteiger partial charge in [0.1, 0.15) is 5.75 Å². The molecule has 110 valence electrons. The molecule has 2 nitrogen and oxygen atoms in total. The number of nitrogens with two attached hydrogens (primary N) is 1. The Morgan fingerprint density at radius 1 is 1.10 bits per heavy atom. The van der Waals surface area contributed by atoms with Crippen molar-refractivity contribution in [1.82, 2.24) is 0 Å². The summed E-state index contributed by atoms with van der Waals surface area (Å²) in [4.78, 5) is 0. The van der Waals surface area contributed by atoms with Crippen LogP contribution in [0.25, 0.3) is 0 Å². The molecule has 1 atom stereocenters. The average molecular weight is 281 g/mol. The van der Waals surface area contributed by atoms with Crippen LogP contribution in [-0.2, 0) is 12.8 Å². The summed E-state index contributed by atoms with van der Waals surface area (Å²) in [5, 5.41) is 0. The zero-order chi connectivity index (χ0) is 14.5. The van der Waals surface area contributed by atoms with Gasteiger partial charge in [-0.05, 0) is 54.9 Å². The fourth-order valence-corrected chi connectivity index (χ4v) is 2.95. The van der Waals surface area contributed by atoms with Gasteiger partial charge in [-0.2, -0.15) is 0 Å². The Balaban J connectivity index is 1.56. The first kappa shape index (κ1) is 14.2. The van der Waals surface area contributed by atoms with Crippen molar-refractivity contribution in [2.24, 2.45) is 5.73 Å². The second-order valence-corrected chi connectivity index (χ2v) is 5.80. The van der Waals surface area contributed by atoms with Crippen LogP contribution < -0.4 is 10.5 Å². The number of rotatable bonds is 5. The topological polar surface area (TPSA) is 35.2 Å². The highest BCUT2D eigenvalue weighted by atomic mass is 16.5. The molecule has 0 unspecified atom stereocenters. The molecular formula is C19H23NO. The van der Waals surface area contributed by atoms with Crippen molar-refractivity contribution in [1.29, 1.82) is 0 Å². The molecule has 2 heteroatoms. The van der Waals surface area contributed by atoms with Crippen molar-refractivity contribution in [2.45, 2.75) is 38.1 Å². The van der Waals surface area contributed by atoms with Crippen molar-refractivity contribution in [2.75, 3.05) is 6.61 Å². The first-order chi connectivity index (χ1) is 10.3. The SMILES string of the molecule is N[C@H](CCCc1ccccc1)c1ccc2c(c1)CCCO2. The van der Waals surface area contributed by atoms with Crippen LogP contribution in [0, 0.1) is 0 Å². The summed E-state index contributed by atoms with van der Waals surface area (Å²) < 4.78 is 5.66. The van der Waals surface area contributed by atoms with E-state index in [0.717, 1.165) is 44.5 Å². The Bertz CT molecular complexity index is 579. The molecular weight excluding hydrogens is 258 g/mol. The number of fused-ring (bicyclic) bond motifs is 1. The van der Waals surface area contributed by atoms with Crippen LogP contribution in [0.2, 0.25) is 0 Å². The summed E-state index contributed by atoms with van der Waals surface area (Å²) in [7, 11) is 0. The van der Waals surface area contributed by atoms with Gasteiger partial charge < -0.3 is 10.5 Å². The van der Waals surface area contributed by atoms with Crippen molar-refractivity contribution in [3.05, 3.63) is 65.2 Å². The number of aryl methyl sites for hydroxylation is 2. The largest absolute Gasteiger partial charge is 0.493 e. The summed E-state index contributed by atoms with van der Waals surface area (Å²) in [6.07, 6.45) is 5.47. The summed E-state index contributed by atoms with van der Waals surface area (Å²) in [6.45, 7) is 0.843. The molecule has 1 heterocycles. The minimum atomic E-state index is 0.126. The van der Waals surface area contributed by atoms with Crippen LogP contribution in [0.15, 0.2) is 48.5 Å². The fraction of sp³-hybridized carbons (Fsp3) is 0.368. The van der Waals surface area contributed by atoms with Crippen LogP contribution in [0.4, 0.5) is 0 Å². The molecule has 0 bridgehead atoms. The quantitative estimate of drug-likeness (QED) is 0.898. The zero-order valence-corrected chi connectivity index (χ0v) is 12.4. The van der Waals surface area contributed by atoms with Crippen molar-refractivity contribution in [3.63, 3.8) is 0 Å². The number of ether oxygens (including phenoxy) is 1. The average Bonchev–Trinajstić information content (AvgIpc) is 2.55. The van der Waals surface area contributed by atoms with Gasteiger partial charge in [-0.25, -0.2) is 0 Å². The lowest BCUT2D eigenvalue weighted by atomic mass is 9.96. The molecule has 0 aromatic heterocycles. The molecule has 2 aromatic rings. The van der Waals surface area contributed by atoms with Gasteiger partial charge in [0, 0.05) is 6.04 Å². The normalized spacial score (nSPS) is 15.1. The smallest absolute Gasteiger partial charge is 0.122 e. The van der Waals surface area contributed by atoms with Crippen LogP contribution in [0.1, 0.15) is 42.0 Å². The second-order valence-electron chi connectivity index (χ2n) is 5.80. The maximum absolute atomic E-state index is 6.35. The molecule has 0 spiro atoms. The molecule has 21 heavy (non-hydrogen) atoms.